The van der Waals surface area contributed by atoms with Crippen molar-refractivity contribution in [3.63, 3.8) is 0 Å². The average molecular weight is 391 g/mol. The maximum absolute atomic E-state index is 12.3. The molecule has 3 rings (SSSR count). The second-order valence-corrected chi connectivity index (χ2v) is 6.50. The molecule has 1 aliphatic rings. The molecule has 2 aromatic rings. The summed E-state index contributed by atoms with van der Waals surface area (Å²) < 4.78 is 1.15. The first-order valence-corrected chi connectivity index (χ1v) is 7.78. The molecule has 21 heavy (non-hydrogen) atoms. The quantitative estimate of drug-likeness (QED) is 0.579. The maximum atomic E-state index is 12.3. The Kier molecular flexibility index (Phi) is 3.57. The van der Waals surface area contributed by atoms with Gasteiger partial charge in [-0.2, -0.15) is 0 Å². The Morgan fingerprint density at radius 2 is 1.67 bits per heavy atom. The van der Waals surface area contributed by atoms with Gasteiger partial charge < -0.3 is 4.90 Å². The lowest BCUT2D eigenvalue weighted by Crippen LogP contribution is -2.29. The minimum atomic E-state index is -0.433. The summed E-state index contributed by atoms with van der Waals surface area (Å²) in [6, 6.07) is 11.6. The van der Waals surface area contributed by atoms with Crippen molar-refractivity contribution in [3.05, 3.63) is 62.2 Å². The Hall–Kier alpha value is -1.69. The average Bonchev–Trinajstić information content (AvgIpc) is 2.71. The van der Waals surface area contributed by atoms with Gasteiger partial charge in [0.2, 0.25) is 0 Å². The Bertz CT molecular complexity index is 750. The van der Waals surface area contributed by atoms with E-state index < -0.39 is 11.7 Å². The number of halogens is 1. The van der Waals surface area contributed by atoms with Crippen LogP contribution >= 0.6 is 22.6 Å². The maximum Gasteiger partial charge on any atom is 0.299 e. The molecule has 0 aliphatic carbocycles. The molecule has 1 amide bonds. The number of benzene rings is 2. The van der Waals surface area contributed by atoms with Crippen LogP contribution in [0.25, 0.3) is 0 Å². The zero-order valence-corrected chi connectivity index (χ0v) is 14.0. The van der Waals surface area contributed by atoms with Gasteiger partial charge in [-0.05, 0) is 71.3 Å². The van der Waals surface area contributed by atoms with Crippen LogP contribution < -0.4 is 4.90 Å². The molecule has 0 atom stereocenters. The molecule has 4 heteroatoms. The Morgan fingerprint density at radius 3 is 2.33 bits per heavy atom. The van der Waals surface area contributed by atoms with Gasteiger partial charge in [-0.15, -0.1) is 0 Å². The molecule has 3 nitrogen and oxygen atoms in total. The van der Waals surface area contributed by atoms with E-state index in [4.69, 9.17) is 0 Å². The fourth-order valence-corrected chi connectivity index (χ4v) is 2.95. The van der Waals surface area contributed by atoms with E-state index in [-0.39, 0.29) is 0 Å². The predicted molar refractivity (Wildman–Crippen MR) is 90.6 cm³/mol. The topological polar surface area (TPSA) is 37.4 Å². The number of aryl methyl sites for hydroxylation is 1. The van der Waals surface area contributed by atoms with Crippen molar-refractivity contribution in [2.24, 2.45) is 0 Å². The fraction of sp³-hybridized carbons (Fsp3) is 0.176. The van der Waals surface area contributed by atoms with Gasteiger partial charge in [-0.3, -0.25) is 9.59 Å². The third-order valence-corrected chi connectivity index (χ3v) is 4.63. The van der Waals surface area contributed by atoms with E-state index in [0.717, 1.165) is 25.9 Å². The van der Waals surface area contributed by atoms with Crippen LogP contribution in [0.5, 0.6) is 0 Å². The van der Waals surface area contributed by atoms with Crippen molar-refractivity contribution in [1.82, 2.24) is 0 Å². The highest BCUT2D eigenvalue weighted by atomic mass is 127. The van der Waals surface area contributed by atoms with Crippen LogP contribution in [0.1, 0.15) is 27.0 Å². The lowest BCUT2D eigenvalue weighted by molar-refractivity contribution is -0.114. The summed E-state index contributed by atoms with van der Waals surface area (Å²) in [5.74, 6) is -0.837. The Labute approximate surface area is 137 Å². The second-order valence-electron chi connectivity index (χ2n) is 5.25. The summed E-state index contributed by atoms with van der Waals surface area (Å²) in [5, 5.41) is 0. The number of Topliss-reactive ketones (excluding diaryl/α,β-unsaturated/α-hetero) is 1. The monoisotopic (exact) mass is 391 g/mol. The molecule has 0 N–H and O–H groups in total. The largest absolute Gasteiger partial charge is 0.300 e. The van der Waals surface area contributed by atoms with Gasteiger partial charge in [-0.25, -0.2) is 0 Å². The molecule has 0 radical (unpaired) electrons. The molecule has 0 fully saturated rings. The van der Waals surface area contributed by atoms with Crippen LogP contribution in [-0.2, 0) is 11.3 Å². The number of rotatable bonds is 2. The van der Waals surface area contributed by atoms with E-state index in [0.29, 0.717) is 12.1 Å². The highest BCUT2D eigenvalue weighted by molar-refractivity contribution is 14.1. The number of carbonyl (C=O) groups excluding carboxylic acids is 2. The van der Waals surface area contributed by atoms with Crippen molar-refractivity contribution in [3.8, 4) is 0 Å². The number of hydrogen-bond donors (Lipinski definition) is 0. The smallest absolute Gasteiger partial charge is 0.299 e. The summed E-state index contributed by atoms with van der Waals surface area (Å²) in [6.45, 7) is 4.38. The third kappa shape index (κ3) is 2.37. The zero-order chi connectivity index (χ0) is 15.1. The predicted octanol–water partition coefficient (Wildman–Crippen LogP) is 3.64. The number of carbonyl (C=O) groups is 2. The number of anilines is 1. The molecule has 0 saturated heterocycles. The first-order chi connectivity index (χ1) is 9.99. The number of amides is 1. The molecule has 2 aromatic carbocycles. The van der Waals surface area contributed by atoms with Crippen molar-refractivity contribution in [2.75, 3.05) is 4.90 Å². The summed E-state index contributed by atoms with van der Waals surface area (Å²) in [6.07, 6.45) is 0. The summed E-state index contributed by atoms with van der Waals surface area (Å²) >= 11 is 2.24. The molecular weight excluding hydrogens is 377 g/mol. The molecule has 1 aliphatic heterocycles. The normalized spacial score (nSPS) is 13.8. The van der Waals surface area contributed by atoms with Crippen LogP contribution in [0.2, 0.25) is 0 Å². The standard InChI is InChI=1S/C17H14INO2/c1-10-3-8-14-15(11(10)2)19(17(21)16(14)20)9-12-4-6-13(18)7-5-12/h3-8H,9H2,1-2H3. The van der Waals surface area contributed by atoms with E-state index >= 15 is 0 Å². The van der Waals surface area contributed by atoms with Gasteiger partial charge in [0, 0.05) is 3.57 Å². The lowest BCUT2D eigenvalue weighted by Gasteiger charge is -2.19. The first kappa shape index (κ1) is 14.3. The highest BCUT2D eigenvalue weighted by Gasteiger charge is 2.37. The van der Waals surface area contributed by atoms with Gasteiger partial charge in [0.15, 0.2) is 0 Å². The van der Waals surface area contributed by atoms with Gasteiger partial charge in [0.1, 0.15) is 0 Å². The zero-order valence-electron chi connectivity index (χ0n) is 11.8. The van der Waals surface area contributed by atoms with Crippen LogP contribution in [0, 0.1) is 17.4 Å². The summed E-state index contributed by atoms with van der Waals surface area (Å²) in [7, 11) is 0. The van der Waals surface area contributed by atoms with Crippen molar-refractivity contribution < 1.29 is 9.59 Å². The molecule has 0 aromatic heterocycles. The molecule has 0 bridgehead atoms. The van der Waals surface area contributed by atoms with Crippen molar-refractivity contribution in [1.29, 1.82) is 0 Å². The van der Waals surface area contributed by atoms with Crippen LogP contribution in [0.3, 0.4) is 0 Å². The summed E-state index contributed by atoms with van der Waals surface area (Å²) in [4.78, 5) is 26.0. The number of nitrogens with zero attached hydrogens (tertiary/aromatic N) is 1. The van der Waals surface area contributed by atoms with Crippen molar-refractivity contribution >= 4 is 40.0 Å². The molecule has 106 valence electrons. The number of ketones is 1. The van der Waals surface area contributed by atoms with Gasteiger partial charge in [0.05, 0.1) is 17.8 Å². The molecule has 0 saturated carbocycles. The molecule has 1 heterocycles. The van der Waals surface area contributed by atoms with Crippen LogP contribution in [0.4, 0.5) is 5.69 Å². The highest BCUT2D eigenvalue weighted by Crippen LogP contribution is 2.35. The van der Waals surface area contributed by atoms with E-state index in [9.17, 15) is 9.59 Å². The fourth-order valence-electron chi connectivity index (χ4n) is 2.59. The minimum absolute atomic E-state index is 0.404. The van der Waals surface area contributed by atoms with E-state index in [2.05, 4.69) is 22.6 Å². The SMILES string of the molecule is Cc1ccc2c(c1C)N(Cc1ccc(I)cc1)C(=O)C2=O. The first-order valence-electron chi connectivity index (χ1n) is 6.70. The van der Waals surface area contributed by atoms with Crippen LogP contribution in [-0.4, -0.2) is 11.7 Å². The second kappa shape index (κ2) is 5.26. The number of hydrogen-bond acceptors (Lipinski definition) is 2. The van der Waals surface area contributed by atoms with E-state index in [1.807, 2.05) is 44.2 Å². The van der Waals surface area contributed by atoms with Gasteiger partial charge >= 0.3 is 0 Å². The van der Waals surface area contributed by atoms with E-state index in [1.54, 1.807) is 11.0 Å². The molecule has 0 spiro atoms. The minimum Gasteiger partial charge on any atom is -0.300 e. The van der Waals surface area contributed by atoms with Crippen molar-refractivity contribution in [2.45, 2.75) is 20.4 Å². The van der Waals surface area contributed by atoms with Gasteiger partial charge in [0.25, 0.3) is 11.7 Å². The Morgan fingerprint density at radius 1 is 1.00 bits per heavy atom. The number of fused-ring (bicyclic) bond motifs is 1. The summed E-state index contributed by atoms with van der Waals surface area (Å²) in [5.41, 5.74) is 4.39. The molecular formula is C17H14INO2. The molecule has 0 unspecified atom stereocenters. The lowest BCUT2D eigenvalue weighted by atomic mass is 10.0. The van der Waals surface area contributed by atoms with Gasteiger partial charge in [-0.1, -0.05) is 18.2 Å². The van der Waals surface area contributed by atoms with E-state index in [1.165, 1.54) is 0 Å². The van der Waals surface area contributed by atoms with Crippen LogP contribution in [0.15, 0.2) is 36.4 Å². The third-order valence-electron chi connectivity index (χ3n) is 3.91. The Balaban J connectivity index is 2.04.